The van der Waals surface area contributed by atoms with Crippen molar-refractivity contribution in [3.63, 3.8) is 0 Å². The van der Waals surface area contributed by atoms with Crippen LogP contribution < -0.4 is 10.1 Å². The highest BCUT2D eigenvalue weighted by Crippen LogP contribution is 2.16. The first kappa shape index (κ1) is 15.9. The number of nitrogens with one attached hydrogen (secondary N) is 1. The van der Waals surface area contributed by atoms with Crippen molar-refractivity contribution < 1.29 is 18.3 Å². The minimum atomic E-state index is -0.936. The Kier molecular flexibility index (Phi) is 5.09. The van der Waals surface area contributed by atoms with Crippen LogP contribution in [0.25, 0.3) is 0 Å². The molecule has 0 radical (unpaired) electrons. The van der Waals surface area contributed by atoms with Crippen molar-refractivity contribution in [1.29, 1.82) is 0 Å². The summed E-state index contributed by atoms with van der Waals surface area (Å²) in [6, 6.07) is 10.5. The average molecular weight is 305 g/mol. The van der Waals surface area contributed by atoms with Gasteiger partial charge in [0.05, 0.1) is 6.04 Å². The highest BCUT2D eigenvalue weighted by molar-refractivity contribution is 5.78. The summed E-state index contributed by atoms with van der Waals surface area (Å²) >= 11 is 0. The van der Waals surface area contributed by atoms with Crippen LogP contribution in [-0.2, 0) is 4.79 Å². The molecule has 116 valence electrons. The predicted octanol–water partition coefficient (Wildman–Crippen LogP) is 3.53. The Hall–Kier alpha value is -2.43. The Morgan fingerprint density at radius 1 is 1.18 bits per heavy atom. The zero-order valence-corrected chi connectivity index (χ0v) is 12.4. The lowest BCUT2D eigenvalue weighted by atomic mass is 10.1. The fourth-order valence-electron chi connectivity index (χ4n) is 2.00. The third kappa shape index (κ3) is 4.28. The Morgan fingerprint density at radius 3 is 2.64 bits per heavy atom. The second kappa shape index (κ2) is 7.02. The zero-order chi connectivity index (χ0) is 16.1. The standard InChI is InChI=1S/C17H17F2NO2/c1-11-4-3-5-14(8-11)22-10-17(21)20-12(2)13-6-7-15(18)16(19)9-13/h3-9,12H,10H2,1-2H3,(H,20,21). The molecule has 0 aromatic heterocycles. The molecule has 0 saturated carbocycles. The van der Waals surface area contributed by atoms with E-state index >= 15 is 0 Å². The first-order valence-corrected chi connectivity index (χ1v) is 6.89. The Bertz CT molecular complexity index is 673. The van der Waals surface area contributed by atoms with Gasteiger partial charge in [-0.2, -0.15) is 0 Å². The molecule has 5 heteroatoms. The molecule has 1 N–H and O–H groups in total. The smallest absolute Gasteiger partial charge is 0.258 e. The number of ether oxygens (including phenoxy) is 1. The molecule has 0 saturated heterocycles. The molecule has 0 heterocycles. The topological polar surface area (TPSA) is 38.3 Å². The fraction of sp³-hybridized carbons (Fsp3) is 0.235. The molecular weight excluding hydrogens is 288 g/mol. The van der Waals surface area contributed by atoms with Crippen LogP contribution >= 0.6 is 0 Å². The molecule has 0 aliphatic heterocycles. The maximum atomic E-state index is 13.2. The van der Waals surface area contributed by atoms with E-state index in [9.17, 15) is 13.6 Å². The summed E-state index contributed by atoms with van der Waals surface area (Å²) in [4.78, 5) is 11.8. The summed E-state index contributed by atoms with van der Waals surface area (Å²) in [5, 5.41) is 2.67. The third-order valence-electron chi connectivity index (χ3n) is 3.18. The summed E-state index contributed by atoms with van der Waals surface area (Å²) < 4.78 is 31.4. The maximum Gasteiger partial charge on any atom is 0.258 e. The quantitative estimate of drug-likeness (QED) is 0.917. The molecule has 0 aliphatic rings. The molecule has 0 aliphatic carbocycles. The van der Waals surface area contributed by atoms with E-state index in [0.717, 1.165) is 17.7 Å². The monoisotopic (exact) mass is 305 g/mol. The van der Waals surface area contributed by atoms with E-state index in [-0.39, 0.29) is 12.5 Å². The van der Waals surface area contributed by atoms with Crippen molar-refractivity contribution in [1.82, 2.24) is 5.32 Å². The van der Waals surface area contributed by atoms with Gasteiger partial charge >= 0.3 is 0 Å². The van der Waals surface area contributed by atoms with Gasteiger partial charge in [0.25, 0.3) is 5.91 Å². The second-order valence-corrected chi connectivity index (χ2v) is 5.07. The van der Waals surface area contributed by atoms with E-state index in [1.165, 1.54) is 6.07 Å². The number of carbonyl (C=O) groups excluding carboxylic acids is 1. The Labute approximate surface area is 127 Å². The molecule has 2 aromatic carbocycles. The zero-order valence-electron chi connectivity index (χ0n) is 12.4. The molecule has 0 bridgehead atoms. The minimum absolute atomic E-state index is 0.141. The van der Waals surface area contributed by atoms with Gasteiger partial charge in [0.15, 0.2) is 18.2 Å². The van der Waals surface area contributed by atoms with Gasteiger partial charge in [-0.1, -0.05) is 18.2 Å². The number of carbonyl (C=O) groups is 1. The van der Waals surface area contributed by atoms with E-state index in [2.05, 4.69) is 5.32 Å². The highest BCUT2D eigenvalue weighted by atomic mass is 19.2. The van der Waals surface area contributed by atoms with Crippen LogP contribution in [0.2, 0.25) is 0 Å². The lowest BCUT2D eigenvalue weighted by Gasteiger charge is -2.15. The number of rotatable bonds is 5. The largest absolute Gasteiger partial charge is 0.484 e. The third-order valence-corrected chi connectivity index (χ3v) is 3.18. The lowest BCUT2D eigenvalue weighted by Crippen LogP contribution is -2.31. The van der Waals surface area contributed by atoms with Crippen LogP contribution in [-0.4, -0.2) is 12.5 Å². The van der Waals surface area contributed by atoms with Gasteiger partial charge in [0, 0.05) is 0 Å². The second-order valence-electron chi connectivity index (χ2n) is 5.07. The molecule has 1 unspecified atom stereocenters. The number of amides is 1. The molecule has 1 atom stereocenters. The summed E-state index contributed by atoms with van der Waals surface area (Å²) in [7, 11) is 0. The summed E-state index contributed by atoms with van der Waals surface area (Å²) in [5.74, 6) is -1.57. The number of benzene rings is 2. The van der Waals surface area contributed by atoms with E-state index in [1.54, 1.807) is 13.0 Å². The number of aryl methyl sites for hydroxylation is 1. The number of hydrogen-bond donors (Lipinski definition) is 1. The summed E-state index contributed by atoms with van der Waals surface area (Å²) in [5.41, 5.74) is 1.52. The van der Waals surface area contributed by atoms with Crippen molar-refractivity contribution in [3.8, 4) is 5.75 Å². The van der Waals surface area contributed by atoms with Crippen LogP contribution in [0.4, 0.5) is 8.78 Å². The Balaban J connectivity index is 1.89. The lowest BCUT2D eigenvalue weighted by molar-refractivity contribution is -0.123. The molecular formula is C17H17F2NO2. The number of halogens is 2. The van der Waals surface area contributed by atoms with Crippen molar-refractivity contribution in [2.75, 3.05) is 6.61 Å². The molecule has 22 heavy (non-hydrogen) atoms. The van der Waals surface area contributed by atoms with E-state index in [0.29, 0.717) is 11.3 Å². The summed E-state index contributed by atoms with van der Waals surface area (Å²) in [6.07, 6.45) is 0. The van der Waals surface area contributed by atoms with Crippen LogP contribution in [0.5, 0.6) is 5.75 Å². The van der Waals surface area contributed by atoms with Crippen molar-refractivity contribution in [3.05, 3.63) is 65.2 Å². The maximum absolute atomic E-state index is 13.2. The minimum Gasteiger partial charge on any atom is -0.484 e. The van der Waals surface area contributed by atoms with E-state index in [4.69, 9.17) is 4.74 Å². The van der Waals surface area contributed by atoms with Gasteiger partial charge in [-0.25, -0.2) is 8.78 Å². The predicted molar refractivity (Wildman–Crippen MR) is 79.6 cm³/mol. The van der Waals surface area contributed by atoms with Crippen LogP contribution in [0, 0.1) is 18.6 Å². The Morgan fingerprint density at radius 2 is 1.95 bits per heavy atom. The average Bonchev–Trinajstić information content (AvgIpc) is 2.48. The number of hydrogen-bond acceptors (Lipinski definition) is 2. The van der Waals surface area contributed by atoms with Crippen molar-refractivity contribution in [2.45, 2.75) is 19.9 Å². The van der Waals surface area contributed by atoms with Crippen molar-refractivity contribution in [2.24, 2.45) is 0 Å². The first-order valence-electron chi connectivity index (χ1n) is 6.89. The van der Waals surface area contributed by atoms with E-state index in [1.807, 2.05) is 25.1 Å². The van der Waals surface area contributed by atoms with Gasteiger partial charge < -0.3 is 10.1 Å². The molecule has 2 aromatic rings. The van der Waals surface area contributed by atoms with Gasteiger partial charge in [-0.05, 0) is 49.2 Å². The van der Waals surface area contributed by atoms with Gasteiger partial charge in [-0.3, -0.25) is 4.79 Å². The van der Waals surface area contributed by atoms with Gasteiger partial charge in [0.2, 0.25) is 0 Å². The molecule has 3 nitrogen and oxygen atoms in total. The molecule has 0 fully saturated rings. The van der Waals surface area contributed by atoms with Crippen LogP contribution in [0.1, 0.15) is 24.1 Å². The normalized spacial score (nSPS) is 11.8. The van der Waals surface area contributed by atoms with Gasteiger partial charge in [-0.15, -0.1) is 0 Å². The molecule has 1 amide bonds. The molecule has 0 spiro atoms. The van der Waals surface area contributed by atoms with Crippen molar-refractivity contribution >= 4 is 5.91 Å². The molecule has 2 rings (SSSR count). The van der Waals surface area contributed by atoms with Crippen LogP contribution in [0.15, 0.2) is 42.5 Å². The summed E-state index contributed by atoms with van der Waals surface area (Å²) in [6.45, 7) is 3.48. The SMILES string of the molecule is Cc1cccc(OCC(=O)NC(C)c2ccc(F)c(F)c2)c1. The highest BCUT2D eigenvalue weighted by Gasteiger charge is 2.12. The van der Waals surface area contributed by atoms with Crippen LogP contribution in [0.3, 0.4) is 0 Å². The van der Waals surface area contributed by atoms with E-state index < -0.39 is 17.7 Å². The first-order chi connectivity index (χ1) is 10.5. The fourth-order valence-corrected chi connectivity index (χ4v) is 2.00. The van der Waals surface area contributed by atoms with Gasteiger partial charge in [0.1, 0.15) is 5.75 Å².